The van der Waals surface area contributed by atoms with E-state index in [1.807, 2.05) is 12.1 Å². The van der Waals surface area contributed by atoms with Gasteiger partial charge < -0.3 is 9.88 Å². The van der Waals surface area contributed by atoms with Crippen molar-refractivity contribution in [1.29, 1.82) is 0 Å². The fraction of sp³-hybridized carbons (Fsp3) is 0.167. The molecule has 1 amide bonds. The first-order valence-corrected chi connectivity index (χ1v) is 7.26. The highest BCUT2D eigenvalue weighted by atomic mass is 19.1. The average molecular weight is 314 g/mol. The molecule has 0 fully saturated rings. The molecule has 0 spiro atoms. The van der Waals surface area contributed by atoms with Gasteiger partial charge in [-0.1, -0.05) is 6.07 Å². The highest BCUT2D eigenvalue weighted by molar-refractivity contribution is 5.98. The molecule has 118 valence electrons. The van der Waals surface area contributed by atoms with Crippen molar-refractivity contribution in [2.75, 3.05) is 7.05 Å². The third-order valence-electron chi connectivity index (χ3n) is 4.11. The molecule has 0 aliphatic rings. The molecule has 0 aliphatic carbocycles. The Morgan fingerprint density at radius 3 is 2.70 bits per heavy atom. The van der Waals surface area contributed by atoms with E-state index in [-0.39, 0.29) is 11.5 Å². The monoisotopic (exact) mass is 314 g/mol. The largest absolute Gasteiger partial charge is 0.361 e. The van der Waals surface area contributed by atoms with Crippen LogP contribution in [0, 0.1) is 11.6 Å². The molecule has 1 atom stereocenters. The number of hydrogen-bond donors (Lipinski definition) is 1. The molecule has 1 heterocycles. The molecule has 1 aromatic heterocycles. The minimum atomic E-state index is -0.586. The number of nitrogens with zero attached hydrogens (tertiary/aromatic N) is 1. The lowest BCUT2D eigenvalue weighted by molar-refractivity contribution is 0.0740. The molecule has 0 radical (unpaired) electrons. The molecule has 2 aromatic carbocycles. The van der Waals surface area contributed by atoms with E-state index in [1.54, 1.807) is 32.3 Å². The number of H-pyrrole nitrogens is 1. The first kappa shape index (κ1) is 15.2. The van der Waals surface area contributed by atoms with Gasteiger partial charge in [-0.2, -0.15) is 0 Å². The summed E-state index contributed by atoms with van der Waals surface area (Å²) in [6.07, 6.45) is 1.80. The number of nitrogens with one attached hydrogen (secondary N) is 1. The summed E-state index contributed by atoms with van der Waals surface area (Å²) >= 11 is 0. The van der Waals surface area contributed by atoms with Crippen molar-refractivity contribution >= 4 is 16.8 Å². The molecule has 0 aliphatic heterocycles. The highest BCUT2D eigenvalue weighted by Gasteiger charge is 2.22. The van der Waals surface area contributed by atoms with Gasteiger partial charge in [0.15, 0.2) is 0 Å². The van der Waals surface area contributed by atoms with Crippen LogP contribution in [0.1, 0.15) is 28.9 Å². The van der Waals surface area contributed by atoms with Crippen molar-refractivity contribution in [3.63, 3.8) is 0 Å². The number of fused-ring (bicyclic) bond motifs is 1. The number of benzene rings is 2. The third-order valence-corrected chi connectivity index (χ3v) is 4.11. The molecule has 3 aromatic rings. The highest BCUT2D eigenvalue weighted by Crippen LogP contribution is 2.25. The molecule has 0 saturated heterocycles. The number of hydrogen-bond acceptors (Lipinski definition) is 1. The zero-order chi connectivity index (χ0) is 16.6. The fourth-order valence-electron chi connectivity index (χ4n) is 2.60. The minimum Gasteiger partial charge on any atom is -0.361 e. The number of rotatable bonds is 3. The van der Waals surface area contributed by atoms with Gasteiger partial charge in [0.05, 0.1) is 6.04 Å². The zero-order valence-corrected chi connectivity index (χ0v) is 12.8. The first-order valence-electron chi connectivity index (χ1n) is 7.26. The van der Waals surface area contributed by atoms with Crippen LogP contribution < -0.4 is 0 Å². The van der Waals surface area contributed by atoms with Crippen LogP contribution in [0.15, 0.2) is 48.7 Å². The minimum absolute atomic E-state index is 0.154. The molecular weight excluding hydrogens is 298 g/mol. The van der Waals surface area contributed by atoms with Crippen LogP contribution in [0.2, 0.25) is 0 Å². The molecule has 23 heavy (non-hydrogen) atoms. The van der Waals surface area contributed by atoms with E-state index in [1.165, 1.54) is 4.90 Å². The van der Waals surface area contributed by atoms with Crippen molar-refractivity contribution in [1.82, 2.24) is 9.88 Å². The summed E-state index contributed by atoms with van der Waals surface area (Å²) in [6.45, 7) is 1.67. The number of aromatic amines is 1. The summed E-state index contributed by atoms with van der Waals surface area (Å²) in [5.41, 5.74) is 1.50. The van der Waals surface area contributed by atoms with E-state index in [4.69, 9.17) is 0 Å². The molecule has 0 saturated carbocycles. The normalized spacial score (nSPS) is 12.3. The van der Waals surface area contributed by atoms with Gasteiger partial charge in [-0.25, -0.2) is 8.78 Å². The molecular formula is C18H16F2N2O. The van der Waals surface area contributed by atoms with Crippen molar-refractivity contribution in [3.05, 3.63) is 71.4 Å². The molecule has 0 unspecified atom stereocenters. The van der Waals surface area contributed by atoms with Gasteiger partial charge in [-0.15, -0.1) is 0 Å². The predicted octanol–water partition coefficient (Wildman–Crippen LogP) is 4.28. The summed E-state index contributed by atoms with van der Waals surface area (Å²) in [7, 11) is 1.58. The summed E-state index contributed by atoms with van der Waals surface area (Å²) in [6, 6.07) is 9.91. The number of aromatic nitrogens is 1. The first-order chi connectivity index (χ1) is 11.0. The van der Waals surface area contributed by atoms with E-state index >= 15 is 0 Å². The Bertz CT molecular complexity index is 872. The van der Waals surface area contributed by atoms with Gasteiger partial charge in [0, 0.05) is 29.9 Å². The quantitative estimate of drug-likeness (QED) is 0.769. The Morgan fingerprint density at radius 2 is 1.91 bits per heavy atom. The second-order valence-corrected chi connectivity index (χ2v) is 5.54. The van der Waals surface area contributed by atoms with E-state index in [0.717, 1.165) is 29.1 Å². The topological polar surface area (TPSA) is 36.1 Å². The van der Waals surface area contributed by atoms with E-state index < -0.39 is 17.7 Å². The lowest BCUT2D eigenvalue weighted by Gasteiger charge is -2.26. The van der Waals surface area contributed by atoms with Crippen LogP contribution in [0.5, 0.6) is 0 Å². The Kier molecular flexibility index (Phi) is 3.86. The second kappa shape index (κ2) is 5.83. The number of carbonyl (C=O) groups excluding carboxylic acids is 1. The molecule has 0 bridgehead atoms. The second-order valence-electron chi connectivity index (χ2n) is 5.54. The van der Waals surface area contributed by atoms with E-state index in [2.05, 4.69) is 4.98 Å². The maximum Gasteiger partial charge on any atom is 0.254 e. The van der Waals surface area contributed by atoms with Crippen LogP contribution >= 0.6 is 0 Å². The Labute approximate surface area is 132 Å². The van der Waals surface area contributed by atoms with Crippen molar-refractivity contribution in [3.8, 4) is 0 Å². The smallest absolute Gasteiger partial charge is 0.254 e. The van der Waals surface area contributed by atoms with Gasteiger partial charge in [0.1, 0.15) is 11.6 Å². The van der Waals surface area contributed by atoms with Crippen molar-refractivity contribution in [2.45, 2.75) is 13.0 Å². The predicted molar refractivity (Wildman–Crippen MR) is 85.2 cm³/mol. The van der Waals surface area contributed by atoms with Crippen LogP contribution in [0.3, 0.4) is 0 Å². The average Bonchev–Trinajstić information content (AvgIpc) is 3.02. The van der Waals surface area contributed by atoms with Gasteiger partial charge in [-0.3, -0.25) is 4.79 Å². The van der Waals surface area contributed by atoms with Crippen LogP contribution in [-0.2, 0) is 0 Å². The van der Waals surface area contributed by atoms with E-state index in [0.29, 0.717) is 5.56 Å². The number of amides is 1. The Morgan fingerprint density at radius 1 is 1.13 bits per heavy atom. The van der Waals surface area contributed by atoms with Gasteiger partial charge in [0.2, 0.25) is 0 Å². The maximum atomic E-state index is 13.9. The molecule has 3 rings (SSSR count). The lowest BCUT2D eigenvalue weighted by Crippen LogP contribution is -2.30. The summed E-state index contributed by atoms with van der Waals surface area (Å²) in [5.74, 6) is -1.31. The summed E-state index contributed by atoms with van der Waals surface area (Å²) in [4.78, 5) is 17.1. The van der Waals surface area contributed by atoms with Gasteiger partial charge in [0.25, 0.3) is 5.91 Å². The third kappa shape index (κ3) is 2.82. The SMILES string of the molecule is C[C@@H](c1cc(F)ccc1F)N(C)C(=O)c1ccc2cc[nH]c2c1. The fourth-order valence-corrected chi connectivity index (χ4v) is 2.60. The van der Waals surface area contributed by atoms with E-state index in [9.17, 15) is 13.6 Å². The van der Waals surface area contributed by atoms with Crippen LogP contribution in [0.25, 0.3) is 10.9 Å². The summed E-state index contributed by atoms with van der Waals surface area (Å²) < 4.78 is 27.3. The maximum absolute atomic E-state index is 13.9. The summed E-state index contributed by atoms with van der Waals surface area (Å²) in [5, 5.41) is 1.01. The van der Waals surface area contributed by atoms with Gasteiger partial charge in [-0.05, 0) is 48.7 Å². The number of halogens is 2. The van der Waals surface area contributed by atoms with Gasteiger partial charge >= 0.3 is 0 Å². The van der Waals surface area contributed by atoms with Crippen molar-refractivity contribution < 1.29 is 13.6 Å². The van der Waals surface area contributed by atoms with Crippen LogP contribution in [-0.4, -0.2) is 22.8 Å². The molecule has 1 N–H and O–H groups in total. The molecule has 5 heteroatoms. The van der Waals surface area contributed by atoms with Crippen LogP contribution in [0.4, 0.5) is 8.78 Å². The molecule has 3 nitrogen and oxygen atoms in total. The van der Waals surface area contributed by atoms with Crippen molar-refractivity contribution in [2.24, 2.45) is 0 Å². The Balaban J connectivity index is 1.90. The number of carbonyl (C=O) groups is 1. The zero-order valence-electron chi connectivity index (χ0n) is 12.8. The lowest BCUT2D eigenvalue weighted by atomic mass is 10.0. The Hall–Kier alpha value is -2.69. The standard InChI is InChI=1S/C18H16F2N2O/c1-11(15-10-14(19)5-6-16(15)20)22(2)18(23)13-4-3-12-7-8-21-17(12)9-13/h3-11,21H,1-2H3/t11-/m0/s1.